The number of rotatable bonds is 0. The van der Waals surface area contributed by atoms with E-state index in [1.165, 1.54) is 0 Å². The molecule has 0 bridgehead atoms. The minimum absolute atomic E-state index is 0. The Balaban J connectivity index is 0. The van der Waals surface area contributed by atoms with Gasteiger partial charge in [0.25, 0.3) is 0 Å². The Morgan fingerprint density at radius 3 is 1.40 bits per heavy atom. The van der Waals surface area contributed by atoms with Crippen molar-refractivity contribution in [2.45, 2.75) is 6.92 Å². The summed E-state index contributed by atoms with van der Waals surface area (Å²) in [5, 5.41) is 8.93. The summed E-state index contributed by atoms with van der Waals surface area (Å²) in [5.41, 5.74) is 0. The van der Waals surface area contributed by atoms with E-state index in [1.54, 1.807) is 6.92 Å². The molecule has 0 amide bonds. The Bertz CT molecular complexity index is 36.7. The second-order valence-corrected chi connectivity index (χ2v) is 1.51. The number of ether oxygens (including phenoxy) is 2. The van der Waals surface area contributed by atoms with Gasteiger partial charge in [-0.05, 0) is 0 Å². The normalized spacial score (nSPS) is 16.2. The molecule has 0 aromatic rings. The topological polar surface area (TPSA) is 41.5 Å². The van der Waals surface area contributed by atoms with Crippen molar-refractivity contribution < 1.29 is 66.0 Å². The summed E-state index contributed by atoms with van der Waals surface area (Å²) >= 11 is 0. The maximum absolute atomic E-state index is 8.93. The van der Waals surface area contributed by atoms with Crippen LogP contribution in [0.5, 0.6) is 0 Å². The van der Waals surface area contributed by atoms with E-state index in [1.807, 2.05) is 0 Å². The smallest absolute Gasteiger partial charge is 0.855 e. The van der Waals surface area contributed by atoms with E-state index in [2.05, 4.69) is 0 Å². The molecule has 0 radical (unpaired) electrons. The van der Waals surface area contributed by atoms with Gasteiger partial charge in [0.15, 0.2) is 0 Å². The fourth-order valence-electron chi connectivity index (χ4n) is 0.440. The third-order valence-electron chi connectivity index (χ3n) is 0.744. The minimum Gasteiger partial charge on any atom is -0.855 e. The van der Waals surface area contributed by atoms with Gasteiger partial charge in [0, 0.05) is 0 Å². The van der Waals surface area contributed by atoms with E-state index < -0.39 is 0 Å². The number of hydrogen-bond acceptors (Lipinski definition) is 3. The zero-order valence-electron chi connectivity index (χ0n) is 6.76. The van der Waals surface area contributed by atoms with Gasteiger partial charge in [-0.1, -0.05) is 6.92 Å². The van der Waals surface area contributed by atoms with Crippen LogP contribution >= 0.6 is 0 Å². The Kier molecular flexibility index (Phi) is 18.5. The maximum atomic E-state index is 8.93. The van der Waals surface area contributed by atoms with Crippen LogP contribution < -0.4 is 56.5 Å². The Morgan fingerprint density at radius 1 is 1.10 bits per heavy atom. The average molecular weight is 172 g/mol. The number of hydrogen-bond donors (Lipinski definition) is 0. The summed E-state index contributed by atoms with van der Waals surface area (Å²) in [6, 6.07) is 0. The zero-order valence-corrected chi connectivity index (χ0v) is 9.88. The average Bonchev–Trinajstić information content (AvgIpc) is 1.93. The van der Waals surface area contributed by atoms with E-state index in [0.29, 0.717) is 0 Å². The Morgan fingerprint density at radius 2 is 1.30 bits per heavy atom. The fraction of sp³-hybridized carbons (Fsp3) is 1.00. The van der Waals surface area contributed by atoms with Crippen molar-refractivity contribution in [2.75, 3.05) is 33.0 Å². The molecule has 0 N–H and O–H groups in total. The SMILES string of the molecule is C1COCCO1.CC[O-].[K+]. The van der Waals surface area contributed by atoms with Crippen LogP contribution in [0.3, 0.4) is 0 Å². The van der Waals surface area contributed by atoms with Crippen molar-refractivity contribution in [3.8, 4) is 0 Å². The van der Waals surface area contributed by atoms with Crippen molar-refractivity contribution in [3.63, 3.8) is 0 Å². The van der Waals surface area contributed by atoms with E-state index in [-0.39, 0.29) is 58.0 Å². The van der Waals surface area contributed by atoms with E-state index in [0.717, 1.165) is 26.4 Å². The molecule has 4 heteroatoms. The van der Waals surface area contributed by atoms with E-state index in [4.69, 9.17) is 14.6 Å². The van der Waals surface area contributed by atoms with Gasteiger partial charge in [-0.2, -0.15) is 0 Å². The van der Waals surface area contributed by atoms with Gasteiger partial charge in [0.2, 0.25) is 0 Å². The molecule has 0 atom stereocenters. The first-order valence-corrected chi connectivity index (χ1v) is 3.15. The Labute approximate surface area is 105 Å². The predicted molar refractivity (Wildman–Crippen MR) is 32.2 cm³/mol. The molecule has 0 aliphatic carbocycles. The zero-order chi connectivity index (χ0) is 6.95. The van der Waals surface area contributed by atoms with Crippen LogP contribution in [0.1, 0.15) is 6.92 Å². The molecule has 0 aromatic carbocycles. The first kappa shape index (κ1) is 14.1. The molecular formula is C6H13KO3. The summed E-state index contributed by atoms with van der Waals surface area (Å²) in [6.07, 6.45) is 0. The summed E-state index contributed by atoms with van der Waals surface area (Å²) in [6.45, 7) is 4.68. The molecule has 1 aliphatic rings. The molecule has 0 aromatic heterocycles. The summed E-state index contributed by atoms with van der Waals surface area (Å²) < 4.78 is 9.89. The van der Waals surface area contributed by atoms with Crippen LogP contribution in [0.2, 0.25) is 0 Å². The molecule has 10 heavy (non-hydrogen) atoms. The standard InChI is InChI=1S/C4H8O2.C2H5O.K/c1-2-6-4-3-5-1;1-2-3;/h1-4H2;2H2,1H3;/q;-1;+1. The molecule has 0 spiro atoms. The molecule has 0 unspecified atom stereocenters. The molecular weight excluding hydrogens is 159 g/mol. The molecule has 1 heterocycles. The predicted octanol–water partition coefficient (Wildman–Crippen LogP) is -3.60. The minimum atomic E-state index is 0. The third-order valence-corrected chi connectivity index (χ3v) is 0.744. The quantitative estimate of drug-likeness (QED) is 0.355. The summed E-state index contributed by atoms with van der Waals surface area (Å²) in [4.78, 5) is 0. The van der Waals surface area contributed by atoms with Gasteiger partial charge in [0.1, 0.15) is 0 Å². The second-order valence-electron chi connectivity index (χ2n) is 1.51. The van der Waals surface area contributed by atoms with Gasteiger partial charge < -0.3 is 14.6 Å². The van der Waals surface area contributed by atoms with Crippen molar-refractivity contribution in [1.29, 1.82) is 0 Å². The van der Waals surface area contributed by atoms with Crippen LogP contribution in [0, 0.1) is 0 Å². The first-order valence-electron chi connectivity index (χ1n) is 3.15. The third kappa shape index (κ3) is 12.2. The van der Waals surface area contributed by atoms with Crippen molar-refractivity contribution in [3.05, 3.63) is 0 Å². The maximum Gasteiger partial charge on any atom is 1.00 e. The van der Waals surface area contributed by atoms with Crippen LogP contribution in [0.4, 0.5) is 0 Å². The molecule has 1 saturated heterocycles. The molecule has 56 valence electrons. The van der Waals surface area contributed by atoms with Gasteiger partial charge in [-0.3, -0.25) is 0 Å². The van der Waals surface area contributed by atoms with Crippen LogP contribution in [-0.2, 0) is 9.47 Å². The van der Waals surface area contributed by atoms with Gasteiger partial charge >= 0.3 is 51.4 Å². The van der Waals surface area contributed by atoms with Gasteiger partial charge in [0.05, 0.1) is 26.4 Å². The molecule has 1 fully saturated rings. The van der Waals surface area contributed by atoms with Crippen LogP contribution in [0.15, 0.2) is 0 Å². The molecule has 1 aliphatic heterocycles. The van der Waals surface area contributed by atoms with Crippen LogP contribution in [0.25, 0.3) is 0 Å². The van der Waals surface area contributed by atoms with Gasteiger partial charge in [-0.25, -0.2) is 0 Å². The monoisotopic (exact) mass is 172 g/mol. The molecule has 1 rings (SSSR count). The van der Waals surface area contributed by atoms with Crippen molar-refractivity contribution >= 4 is 0 Å². The summed E-state index contributed by atoms with van der Waals surface area (Å²) in [5.74, 6) is 0. The van der Waals surface area contributed by atoms with E-state index in [9.17, 15) is 0 Å². The van der Waals surface area contributed by atoms with Gasteiger partial charge in [-0.15, -0.1) is 6.61 Å². The molecule has 3 nitrogen and oxygen atoms in total. The second kappa shape index (κ2) is 13.1. The first-order chi connectivity index (χ1) is 4.41. The largest absolute Gasteiger partial charge is 1.00 e. The summed E-state index contributed by atoms with van der Waals surface area (Å²) in [7, 11) is 0. The van der Waals surface area contributed by atoms with Crippen LogP contribution in [-0.4, -0.2) is 33.0 Å². The van der Waals surface area contributed by atoms with Crippen molar-refractivity contribution in [1.82, 2.24) is 0 Å². The van der Waals surface area contributed by atoms with Crippen molar-refractivity contribution in [2.24, 2.45) is 0 Å². The van der Waals surface area contributed by atoms with E-state index >= 15 is 0 Å². The Hall–Kier alpha value is 1.52. The fourth-order valence-corrected chi connectivity index (χ4v) is 0.440. The molecule has 0 saturated carbocycles.